The largest absolute Gasteiger partial charge is 0.338 e. The number of imide groups is 1. The van der Waals surface area contributed by atoms with Gasteiger partial charge in [0.1, 0.15) is 16.2 Å². The predicted octanol–water partition coefficient (Wildman–Crippen LogP) is 1.74. The highest BCUT2D eigenvalue weighted by Crippen LogP contribution is 2.24. The van der Waals surface area contributed by atoms with Gasteiger partial charge in [-0.2, -0.15) is 0 Å². The molecule has 0 aromatic carbocycles. The number of rotatable bonds is 9. The van der Waals surface area contributed by atoms with Gasteiger partial charge in [0, 0.05) is 26.1 Å². The van der Waals surface area contributed by atoms with E-state index >= 15 is 0 Å². The summed E-state index contributed by atoms with van der Waals surface area (Å²) in [7, 11) is 1.41. The Bertz CT molecular complexity index is 1080. The number of fused-ring (bicyclic) bond motifs is 1. The number of unbranched alkanes of at least 4 members (excludes halogenated alkanes) is 1. The van der Waals surface area contributed by atoms with Crippen LogP contribution >= 0.6 is 11.8 Å². The molecule has 0 saturated carbocycles. The van der Waals surface area contributed by atoms with Crippen molar-refractivity contribution in [2.75, 3.05) is 12.3 Å². The first-order chi connectivity index (χ1) is 14.7. The van der Waals surface area contributed by atoms with Gasteiger partial charge in [-0.25, -0.2) is 19.6 Å². The lowest BCUT2D eigenvalue weighted by Crippen LogP contribution is -2.40. The highest BCUT2D eigenvalue weighted by molar-refractivity contribution is 8.00. The summed E-state index contributed by atoms with van der Waals surface area (Å²) >= 11 is 1.04. The molecule has 3 amide bonds. The second kappa shape index (κ2) is 11.1. The maximum Gasteiger partial charge on any atom is 0.332 e. The first-order valence-corrected chi connectivity index (χ1v) is 11.4. The van der Waals surface area contributed by atoms with Crippen molar-refractivity contribution in [1.29, 1.82) is 0 Å². The number of carbonyl (C=O) groups is 2. The van der Waals surface area contributed by atoms with Gasteiger partial charge in [0.05, 0.1) is 5.75 Å². The molecule has 0 aliphatic rings. The number of urea groups is 1. The average molecular weight is 451 g/mol. The summed E-state index contributed by atoms with van der Waals surface area (Å²) in [5.74, 6) is -0.182. The zero-order chi connectivity index (χ0) is 23.1. The summed E-state index contributed by atoms with van der Waals surface area (Å²) in [6, 6.07) is -0.554. The highest BCUT2D eigenvalue weighted by atomic mass is 32.2. The Morgan fingerprint density at radius 2 is 1.84 bits per heavy atom. The molecule has 0 spiro atoms. The van der Waals surface area contributed by atoms with Gasteiger partial charge >= 0.3 is 11.7 Å². The van der Waals surface area contributed by atoms with Gasteiger partial charge in [0.2, 0.25) is 5.91 Å². The number of thioether (sulfide) groups is 1. The third-order valence-corrected chi connectivity index (χ3v) is 5.51. The molecular formula is C20H30N6O4S. The lowest BCUT2D eigenvalue weighted by atomic mass is 10.2. The second-order valence-corrected chi connectivity index (χ2v) is 8.45. The molecule has 0 saturated heterocycles. The average Bonchev–Trinajstić information content (AvgIpc) is 2.73. The molecule has 0 unspecified atom stereocenters. The van der Waals surface area contributed by atoms with Crippen LogP contribution in [0.25, 0.3) is 11.0 Å². The molecule has 0 bridgehead atoms. The van der Waals surface area contributed by atoms with Crippen molar-refractivity contribution in [3.63, 3.8) is 0 Å². The minimum absolute atomic E-state index is 0.0452. The van der Waals surface area contributed by atoms with E-state index in [1.165, 1.54) is 11.6 Å². The highest BCUT2D eigenvalue weighted by Gasteiger charge is 2.20. The Morgan fingerprint density at radius 3 is 2.45 bits per heavy atom. The molecule has 2 aromatic heterocycles. The molecule has 2 aromatic rings. The fourth-order valence-corrected chi connectivity index (χ4v) is 3.68. The molecule has 31 heavy (non-hydrogen) atoms. The first-order valence-electron chi connectivity index (χ1n) is 10.4. The molecular weight excluding hydrogens is 420 g/mol. The summed E-state index contributed by atoms with van der Waals surface area (Å²) in [4.78, 5) is 58.5. The number of nitrogens with one attached hydrogen (secondary N) is 2. The molecule has 0 fully saturated rings. The Labute approximate surface area is 184 Å². The second-order valence-electron chi connectivity index (χ2n) is 7.48. The van der Waals surface area contributed by atoms with Crippen LogP contribution in [0, 0.1) is 0 Å². The van der Waals surface area contributed by atoms with Crippen LogP contribution in [0.5, 0.6) is 0 Å². The van der Waals surface area contributed by atoms with Gasteiger partial charge in [-0.3, -0.25) is 24.0 Å². The molecule has 2 rings (SSSR count). The van der Waals surface area contributed by atoms with E-state index in [2.05, 4.69) is 20.6 Å². The number of carbonyl (C=O) groups excluding carboxylic acids is 2. The van der Waals surface area contributed by atoms with E-state index < -0.39 is 23.2 Å². The smallest absolute Gasteiger partial charge is 0.332 e. The van der Waals surface area contributed by atoms with E-state index in [1.807, 2.05) is 27.7 Å². The summed E-state index contributed by atoms with van der Waals surface area (Å²) < 4.78 is 2.50. The van der Waals surface area contributed by atoms with Crippen LogP contribution in [0.2, 0.25) is 0 Å². The van der Waals surface area contributed by atoms with E-state index in [9.17, 15) is 19.2 Å². The van der Waals surface area contributed by atoms with Crippen LogP contribution in [0.4, 0.5) is 4.79 Å². The van der Waals surface area contributed by atoms with Crippen molar-refractivity contribution in [2.24, 2.45) is 7.05 Å². The van der Waals surface area contributed by atoms with Crippen molar-refractivity contribution in [3.8, 4) is 0 Å². The number of aryl methyl sites for hydroxylation is 1. The van der Waals surface area contributed by atoms with Crippen LogP contribution in [-0.2, 0) is 18.4 Å². The van der Waals surface area contributed by atoms with Gasteiger partial charge < -0.3 is 5.32 Å². The summed E-state index contributed by atoms with van der Waals surface area (Å²) in [6.45, 7) is 8.64. The fourth-order valence-electron chi connectivity index (χ4n) is 2.86. The molecule has 0 aliphatic carbocycles. The van der Waals surface area contributed by atoms with Crippen LogP contribution < -0.4 is 21.9 Å². The van der Waals surface area contributed by atoms with Crippen LogP contribution in [0.1, 0.15) is 58.7 Å². The first kappa shape index (κ1) is 24.6. The number of nitrogens with zero attached hydrogens (tertiary/aromatic N) is 4. The lowest BCUT2D eigenvalue weighted by molar-refractivity contribution is -0.117. The number of amides is 3. The minimum atomic E-state index is -0.554. The fraction of sp³-hybridized carbons (Fsp3) is 0.600. The predicted molar refractivity (Wildman–Crippen MR) is 121 cm³/mol. The number of aromatic nitrogens is 4. The van der Waals surface area contributed by atoms with Crippen molar-refractivity contribution >= 4 is 34.7 Å². The summed E-state index contributed by atoms with van der Waals surface area (Å²) in [5, 5.41) is 5.40. The van der Waals surface area contributed by atoms with E-state index in [0.29, 0.717) is 30.4 Å². The SMILES string of the molecule is CCCCNC(=O)NC(=O)CSc1nc(C(C)C)nc2c1c(=O)n(C)c(=O)n2CCC. The normalized spacial score (nSPS) is 11.2. The van der Waals surface area contributed by atoms with Crippen molar-refractivity contribution in [3.05, 3.63) is 26.7 Å². The van der Waals surface area contributed by atoms with Crippen molar-refractivity contribution in [2.45, 2.75) is 64.4 Å². The third kappa shape index (κ3) is 5.93. The zero-order valence-electron chi connectivity index (χ0n) is 18.7. The standard InChI is InChI=1S/C20H30N6O4S/c1-6-8-9-21-19(29)22-13(27)11-31-17-14-16(23-15(24-17)12(3)4)26(10-7-2)20(30)25(5)18(14)28/h12H,6-11H2,1-5H3,(H2,21,22,27,29). The lowest BCUT2D eigenvalue weighted by Gasteiger charge is -2.15. The van der Waals surface area contributed by atoms with Gasteiger partial charge in [-0.05, 0) is 12.8 Å². The van der Waals surface area contributed by atoms with E-state index in [4.69, 9.17) is 0 Å². The summed E-state index contributed by atoms with van der Waals surface area (Å²) in [6.07, 6.45) is 2.44. The van der Waals surface area contributed by atoms with E-state index in [-0.39, 0.29) is 22.7 Å². The topological polar surface area (TPSA) is 128 Å². The Morgan fingerprint density at radius 1 is 1.13 bits per heavy atom. The molecule has 2 N–H and O–H groups in total. The van der Waals surface area contributed by atoms with Crippen LogP contribution in [-0.4, -0.2) is 43.3 Å². The van der Waals surface area contributed by atoms with E-state index in [0.717, 1.165) is 29.2 Å². The maximum atomic E-state index is 12.9. The zero-order valence-corrected chi connectivity index (χ0v) is 19.5. The Hall–Kier alpha value is -2.69. The van der Waals surface area contributed by atoms with Crippen molar-refractivity contribution in [1.82, 2.24) is 29.7 Å². The van der Waals surface area contributed by atoms with Gasteiger partial charge in [-0.15, -0.1) is 0 Å². The molecule has 0 aliphatic heterocycles. The minimum Gasteiger partial charge on any atom is -0.338 e. The van der Waals surface area contributed by atoms with Gasteiger partial charge in [-0.1, -0.05) is 45.9 Å². The molecule has 0 radical (unpaired) electrons. The van der Waals surface area contributed by atoms with Crippen molar-refractivity contribution < 1.29 is 9.59 Å². The quantitative estimate of drug-likeness (QED) is 0.338. The number of hydrogen-bond donors (Lipinski definition) is 2. The van der Waals surface area contributed by atoms with Gasteiger partial charge in [0.15, 0.2) is 5.65 Å². The molecule has 10 nitrogen and oxygen atoms in total. The maximum absolute atomic E-state index is 12.9. The monoisotopic (exact) mass is 450 g/mol. The number of hydrogen-bond acceptors (Lipinski definition) is 7. The molecule has 11 heteroatoms. The Balaban J connectivity index is 2.40. The molecule has 170 valence electrons. The summed E-state index contributed by atoms with van der Waals surface area (Å²) in [5.41, 5.74) is -0.679. The third-order valence-electron chi connectivity index (χ3n) is 4.54. The van der Waals surface area contributed by atoms with E-state index in [1.54, 1.807) is 0 Å². The molecule has 0 atom stereocenters. The van der Waals surface area contributed by atoms with Gasteiger partial charge in [0.25, 0.3) is 5.56 Å². The van der Waals surface area contributed by atoms with Crippen LogP contribution in [0.15, 0.2) is 14.6 Å². The van der Waals surface area contributed by atoms with Crippen LogP contribution in [0.3, 0.4) is 0 Å². The Kier molecular flexibility index (Phi) is 8.78. The molecule has 2 heterocycles.